The van der Waals surface area contributed by atoms with Gasteiger partial charge in [-0.15, -0.1) is 0 Å². The fourth-order valence-corrected chi connectivity index (χ4v) is 2.70. The van der Waals surface area contributed by atoms with Gasteiger partial charge < -0.3 is 10.2 Å². The van der Waals surface area contributed by atoms with Gasteiger partial charge in [-0.25, -0.2) is 15.0 Å². The van der Waals surface area contributed by atoms with Crippen molar-refractivity contribution >= 4 is 17.5 Å². The van der Waals surface area contributed by atoms with Crippen molar-refractivity contribution in [2.45, 2.75) is 26.3 Å². The van der Waals surface area contributed by atoms with Crippen molar-refractivity contribution in [3.05, 3.63) is 45.9 Å². The van der Waals surface area contributed by atoms with Gasteiger partial charge >= 0.3 is 0 Å². The number of nitrogens with zero attached hydrogens (tertiary/aromatic N) is 5. The summed E-state index contributed by atoms with van der Waals surface area (Å²) < 4.78 is 0. The van der Waals surface area contributed by atoms with E-state index in [1.165, 1.54) is 12.3 Å². The molecule has 1 unspecified atom stereocenters. The van der Waals surface area contributed by atoms with Crippen LogP contribution in [0.25, 0.3) is 0 Å². The Bertz CT molecular complexity index is 698. The molecular weight excluding hydrogens is 296 g/mol. The fraction of sp³-hybridized carbons (Fsp3) is 0.400. The smallest absolute Gasteiger partial charge is 0.287 e. The highest BCUT2D eigenvalue weighted by molar-refractivity contribution is 5.43. The minimum Gasteiger partial charge on any atom is -0.365 e. The largest absolute Gasteiger partial charge is 0.365 e. The van der Waals surface area contributed by atoms with Crippen LogP contribution in [0, 0.1) is 24.0 Å². The number of aryl methyl sites for hydroxylation is 2. The zero-order valence-electron chi connectivity index (χ0n) is 13.1. The Morgan fingerprint density at radius 3 is 2.65 bits per heavy atom. The van der Waals surface area contributed by atoms with E-state index in [0.717, 1.165) is 36.8 Å². The number of pyridine rings is 1. The number of nitrogens with one attached hydrogen (secondary N) is 1. The second-order valence-electron chi connectivity index (χ2n) is 5.69. The lowest BCUT2D eigenvalue weighted by Crippen LogP contribution is -2.27. The van der Waals surface area contributed by atoms with Crippen molar-refractivity contribution in [2.24, 2.45) is 0 Å². The van der Waals surface area contributed by atoms with Gasteiger partial charge in [0.05, 0.1) is 4.92 Å². The van der Waals surface area contributed by atoms with E-state index in [1.807, 2.05) is 19.9 Å². The molecule has 3 rings (SSSR count). The fourth-order valence-electron chi connectivity index (χ4n) is 2.70. The molecule has 0 saturated carbocycles. The van der Waals surface area contributed by atoms with Gasteiger partial charge in [0, 0.05) is 36.6 Å². The molecule has 23 heavy (non-hydrogen) atoms. The third kappa shape index (κ3) is 3.53. The molecule has 1 aliphatic rings. The standard InChI is InChI=1S/C15H18N6O2/c1-10-7-11(2)18-15(17-10)20-6-5-12(9-20)19-14-4-3-13(8-16-14)21(22)23/h3-4,7-8,12H,5-6,9H2,1-2H3,(H,16,19). The molecular formula is C15H18N6O2. The third-order valence-corrected chi connectivity index (χ3v) is 3.75. The molecule has 1 saturated heterocycles. The maximum atomic E-state index is 10.6. The Hall–Kier alpha value is -2.77. The molecule has 1 aliphatic heterocycles. The molecule has 0 aliphatic carbocycles. The lowest BCUT2D eigenvalue weighted by molar-refractivity contribution is -0.385. The maximum absolute atomic E-state index is 10.6. The van der Waals surface area contributed by atoms with Crippen LogP contribution in [-0.4, -0.2) is 39.0 Å². The highest BCUT2D eigenvalue weighted by Crippen LogP contribution is 2.20. The van der Waals surface area contributed by atoms with Gasteiger partial charge in [0.15, 0.2) is 0 Å². The van der Waals surface area contributed by atoms with Crippen LogP contribution in [0.15, 0.2) is 24.4 Å². The van der Waals surface area contributed by atoms with Crippen molar-refractivity contribution in [3.8, 4) is 0 Å². The second kappa shape index (κ2) is 6.15. The summed E-state index contributed by atoms with van der Waals surface area (Å²) in [5, 5.41) is 13.9. The lowest BCUT2D eigenvalue weighted by atomic mass is 10.2. The molecule has 0 aromatic carbocycles. The topological polar surface area (TPSA) is 97.1 Å². The average molecular weight is 314 g/mol. The van der Waals surface area contributed by atoms with E-state index < -0.39 is 4.92 Å². The molecule has 0 bridgehead atoms. The molecule has 120 valence electrons. The molecule has 2 aromatic heterocycles. The van der Waals surface area contributed by atoms with E-state index in [1.54, 1.807) is 6.07 Å². The first-order chi connectivity index (χ1) is 11.0. The van der Waals surface area contributed by atoms with Crippen LogP contribution < -0.4 is 10.2 Å². The summed E-state index contributed by atoms with van der Waals surface area (Å²) in [6, 6.07) is 5.26. The van der Waals surface area contributed by atoms with Crippen molar-refractivity contribution in [3.63, 3.8) is 0 Å². The molecule has 1 N–H and O–H groups in total. The zero-order chi connectivity index (χ0) is 16.4. The van der Waals surface area contributed by atoms with Crippen LogP contribution >= 0.6 is 0 Å². The van der Waals surface area contributed by atoms with Crippen LogP contribution in [0.4, 0.5) is 17.5 Å². The third-order valence-electron chi connectivity index (χ3n) is 3.75. The van der Waals surface area contributed by atoms with Gasteiger partial charge in [0.25, 0.3) is 5.69 Å². The van der Waals surface area contributed by atoms with Crippen molar-refractivity contribution in [2.75, 3.05) is 23.3 Å². The van der Waals surface area contributed by atoms with Gasteiger partial charge in [-0.3, -0.25) is 10.1 Å². The molecule has 2 aromatic rings. The first-order valence-corrected chi connectivity index (χ1v) is 7.45. The first kappa shape index (κ1) is 15.1. The number of hydrogen-bond acceptors (Lipinski definition) is 7. The van der Waals surface area contributed by atoms with E-state index in [0.29, 0.717) is 5.82 Å². The van der Waals surface area contributed by atoms with Crippen LogP contribution in [0.5, 0.6) is 0 Å². The molecule has 0 amide bonds. The average Bonchev–Trinajstić information content (AvgIpc) is 2.95. The van der Waals surface area contributed by atoms with Crippen molar-refractivity contribution < 1.29 is 4.92 Å². The highest BCUT2D eigenvalue weighted by Gasteiger charge is 2.25. The molecule has 8 nitrogen and oxygen atoms in total. The lowest BCUT2D eigenvalue weighted by Gasteiger charge is -2.18. The summed E-state index contributed by atoms with van der Waals surface area (Å²) in [6.45, 7) is 5.57. The number of nitro groups is 1. The number of hydrogen-bond donors (Lipinski definition) is 1. The van der Waals surface area contributed by atoms with Gasteiger partial charge in [0.1, 0.15) is 12.0 Å². The predicted octanol–water partition coefficient (Wildman–Crippen LogP) is 2.09. The first-order valence-electron chi connectivity index (χ1n) is 7.45. The Balaban J connectivity index is 1.64. The van der Waals surface area contributed by atoms with Gasteiger partial charge in [-0.2, -0.15) is 0 Å². The summed E-state index contributed by atoms with van der Waals surface area (Å²) in [6.07, 6.45) is 2.21. The highest BCUT2D eigenvalue weighted by atomic mass is 16.6. The molecule has 8 heteroatoms. The van der Waals surface area contributed by atoms with E-state index in [2.05, 4.69) is 25.2 Å². The van der Waals surface area contributed by atoms with Gasteiger partial charge in [0.2, 0.25) is 5.95 Å². The maximum Gasteiger partial charge on any atom is 0.287 e. The summed E-state index contributed by atoms with van der Waals surface area (Å²) in [7, 11) is 0. The van der Waals surface area contributed by atoms with Crippen LogP contribution in [0.3, 0.4) is 0 Å². The van der Waals surface area contributed by atoms with Crippen molar-refractivity contribution in [1.82, 2.24) is 15.0 Å². The molecule has 0 spiro atoms. The Morgan fingerprint density at radius 1 is 1.30 bits per heavy atom. The van der Waals surface area contributed by atoms with Crippen LogP contribution in [0.2, 0.25) is 0 Å². The minimum absolute atomic E-state index is 0.00719. The quantitative estimate of drug-likeness (QED) is 0.681. The summed E-state index contributed by atoms with van der Waals surface area (Å²) in [5.74, 6) is 1.40. The van der Waals surface area contributed by atoms with Gasteiger partial charge in [-0.05, 0) is 32.4 Å². The Labute approximate surface area is 133 Å². The minimum atomic E-state index is -0.453. The summed E-state index contributed by atoms with van der Waals surface area (Å²) >= 11 is 0. The number of rotatable bonds is 4. The number of aromatic nitrogens is 3. The molecule has 0 radical (unpaired) electrons. The normalized spacial score (nSPS) is 17.3. The second-order valence-corrected chi connectivity index (χ2v) is 5.69. The number of anilines is 2. The summed E-state index contributed by atoms with van der Waals surface area (Å²) in [4.78, 5) is 25.4. The van der Waals surface area contributed by atoms with Gasteiger partial charge in [-0.1, -0.05) is 0 Å². The van der Waals surface area contributed by atoms with Crippen LogP contribution in [-0.2, 0) is 0 Å². The van der Waals surface area contributed by atoms with Crippen LogP contribution in [0.1, 0.15) is 17.8 Å². The van der Waals surface area contributed by atoms with Crippen molar-refractivity contribution in [1.29, 1.82) is 0 Å². The van der Waals surface area contributed by atoms with E-state index in [4.69, 9.17) is 0 Å². The summed E-state index contributed by atoms with van der Waals surface area (Å²) in [5.41, 5.74) is 1.91. The SMILES string of the molecule is Cc1cc(C)nc(N2CCC(Nc3ccc([N+](=O)[O-])cn3)C2)n1. The Kier molecular flexibility index (Phi) is 4.05. The Morgan fingerprint density at radius 2 is 2.04 bits per heavy atom. The monoisotopic (exact) mass is 314 g/mol. The molecule has 1 atom stereocenters. The van der Waals surface area contributed by atoms with E-state index in [-0.39, 0.29) is 11.7 Å². The zero-order valence-corrected chi connectivity index (χ0v) is 13.1. The molecule has 3 heterocycles. The molecule has 1 fully saturated rings. The van der Waals surface area contributed by atoms with E-state index >= 15 is 0 Å². The van der Waals surface area contributed by atoms with E-state index in [9.17, 15) is 10.1 Å². The predicted molar refractivity (Wildman–Crippen MR) is 86.6 cm³/mol.